The van der Waals surface area contributed by atoms with Crippen molar-refractivity contribution in [1.29, 1.82) is 0 Å². The van der Waals surface area contributed by atoms with Crippen molar-refractivity contribution in [3.63, 3.8) is 0 Å². The number of pyridine rings is 2. The molecule has 6 rings (SSSR count). The lowest BCUT2D eigenvalue weighted by Crippen LogP contribution is -2.49. The van der Waals surface area contributed by atoms with Crippen LogP contribution in [0.1, 0.15) is 58.2 Å². The van der Waals surface area contributed by atoms with Gasteiger partial charge >= 0.3 is 11.8 Å². The molecule has 10 heteroatoms. The van der Waals surface area contributed by atoms with Gasteiger partial charge in [-0.15, -0.1) is 0 Å². The van der Waals surface area contributed by atoms with E-state index >= 15 is 0 Å². The second-order valence-electron chi connectivity index (χ2n) is 12.3. The van der Waals surface area contributed by atoms with Crippen LogP contribution in [0.25, 0.3) is 38.6 Å². The van der Waals surface area contributed by atoms with Crippen LogP contribution in [0.2, 0.25) is 0 Å². The first-order chi connectivity index (χ1) is 20.1. The molecule has 0 saturated carbocycles. The fourth-order valence-corrected chi connectivity index (χ4v) is 6.59. The number of imidazole rings is 1. The largest absolute Gasteiger partial charge is 0.444 e. The van der Waals surface area contributed by atoms with Crippen molar-refractivity contribution >= 4 is 39.8 Å². The highest BCUT2D eigenvalue weighted by Gasteiger charge is 2.46. The lowest BCUT2D eigenvalue weighted by atomic mass is 9.97. The first-order valence-corrected chi connectivity index (χ1v) is 14.4. The zero-order valence-electron chi connectivity index (χ0n) is 24.7. The summed E-state index contributed by atoms with van der Waals surface area (Å²) >= 11 is 0. The number of aryl methyl sites for hydroxylation is 1. The first-order valence-electron chi connectivity index (χ1n) is 14.4. The van der Waals surface area contributed by atoms with Crippen molar-refractivity contribution in [2.75, 3.05) is 7.05 Å². The van der Waals surface area contributed by atoms with E-state index in [1.54, 1.807) is 31.1 Å². The van der Waals surface area contributed by atoms with Crippen molar-refractivity contribution in [2.24, 2.45) is 17.8 Å². The van der Waals surface area contributed by atoms with Crippen molar-refractivity contribution in [2.45, 2.75) is 70.2 Å². The summed E-state index contributed by atoms with van der Waals surface area (Å²) in [7, 11) is 3.49. The van der Waals surface area contributed by atoms with Crippen LogP contribution in [0, 0.1) is 0 Å². The van der Waals surface area contributed by atoms with Gasteiger partial charge in [0, 0.05) is 67.4 Å². The predicted molar refractivity (Wildman–Crippen MR) is 165 cm³/mol. The number of hydrogen-bond donors (Lipinski definition) is 1. The average molecular weight is 568 g/mol. The van der Waals surface area contributed by atoms with Crippen LogP contribution in [-0.4, -0.2) is 61.0 Å². The normalized spacial score (nSPS) is 21.1. The zero-order chi connectivity index (χ0) is 29.8. The van der Waals surface area contributed by atoms with Gasteiger partial charge in [0.05, 0.1) is 28.4 Å². The van der Waals surface area contributed by atoms with E-state index in [-0.39, 0.29) is 29.9 Å². The number of allylic oxidation sites excluding steroid dienone is 1. The molecular weight excluding hydrogens is 530 g/mol. The molecule has 218 valence electrons. The van der Waals surface area contributed by atoms with Crippen LogP contribution in [0.15, 0.2) is 58.7 Å². The number of nitrogens with two attached hydrogens (primary N) is 1. The van der Waals surface area contributed by atoms with Crippen LogP contribution >= 0.6 is 0 Å². The number of hydrogen-bond acceptors (Lipinski definition) is 7. The number of rotatable bonds is 4. The third-order valence-electron chi connectivity index (χ3n) is 8.43. The van der Waals surface area contributed by atoms with E-state index in [4.69, 9.17) is 15.5 Å². The van der Waals surface area contributed by atoms with E-state index in [2.05, 4.69) is 16.0 Å². The Morgan fingerprint density at radius 3 is 2.38 bits per heavy atom. The number of aliphatic imine (C=N–C) groups is 1. The molecule has 2 atom stereocenters. The second kappa shape index (κ2) is 10.4. The topological polar surface area (TPSA) is 121 Å². The number of aromatic nitrogens is 4. The molecule has 2 fully saturated rings. The molecule has 10 nitrogen and oxygen atoms in total. The number of amides is 1. The Kier molecular flexibility index (Phi) is 6.87. The van der Waals surface area contributed by atoms with Crippen molar-refractivity contribution < 1.29 is 9.53 Å². The quantitative estimate of drug-likeness (QED) is 0.345. The summed E-state index contributed by atoms with van der Waals surface area (Å²) in [5.74, 6) is 0. The Morgan fingerprint density at radius 1 is 1.05 bits per heavy atom. The lowest BCUT2D eigenvalue weighted by molar-refractivity contribution is 0.00298. The van der Waals surface area contributed by atoms with Crippen LogP contribution in [0.3, 0.4) is 0 Å². The van der Waals surface area contributed by atoms with E-state index in [1.807, 2.05) is 60.7 Å². The Bertz CT molecular complexity index is 1780. The second-order valence-corrected chi connectivity index (χ2v) is 12.3. The van der Waals surface area contributed by atoms with Crippen molar-refractivity contribution in [1.82, 2.24) is 24.0 Å². The molecule has 0 radical (unpaired) electrons. The first kappa shape index (κ1) is 27.7. The maximum Gasteiger partial charge on any atom is 0.410 e. The monoisotopic (exact) mass is 567 g/mol. The molecule has 0 aliphatic carbocycles. The predicted octanol–water partition coefficient (Wildman–Crippen LogP) is 5.05. The summed E-state index contributed by atoms with van der Waals surface area (Å²) in [4.78, 5) is 42.1. The fourth-order valence-electron chi connectivity index (χ4n) is 6.59. The highest BCUT2D eigenvalue weighted by molar-refractivity contribution is 6.09. The molecule has 2 aliphatic rings. The minimum Gasteiger partial charge on any atom is -0.444 e. The van der Waals surface area contributed by atoms with Gasteiger partial charge in [-0.05, 0) is 70.2 Å². The summed E-state index contributed by atoms with van der Waals surface area (Å²) < 4.78 is 9.37. The highest BCUT2D eigenvalue weighted by atomic mass is 16.6. The van der Waals surface area contributed by atoms with Gasteiger partial charge in [0.2, 0.25) is 0 Å². The summed E-state index contributed by atoms with van der Waals surface area (Å²) in [5, 5.41) is 0.911. The Balaban J connectivity index is 1.40. The van der Waals surface area contributed by atoms with Gasteiger partial charge in [-0.1, -0.05) is 12.1 Å². The summed E-state index contributed by atoms with van der Waals surface area (Å²) in [6.07, 6.45) is 9.77. The van der Waals surface area contributed by atoms with Crippen LogP contribution < -0.4 is 11.4 Å². The number of carbonyl (C=O) groups excluding carboxylic acids is 1. The van der Waals surface area contributed by atoms with Crippen molar-refractivity contribution in [3.8, 4) is 11.1 Å². The molecule has 1 aromatic carbocycles. The molecule has 1 amide bonds. The molecule has 4 aromatic rings. The third-order valence-corrected chi connectivity index (χ3v) is 8.43. The number of nitrogens with zero attached hydrogens (tertiary/aromatic N) is 6. The number of carbonyl (C=O) groups is 1. The average Bonchev–Trinajstić information content (AvgIpc) is 3.39. The number of benzene rings is 1. The van der Waals surface area contributed by atoms with Gasteiger partial charge in [0.1, 0.15) is 5.60 Å². The maximum atomic E-state index is 13.8. The summed E-state index contributed by atoms with van der Waals surface area (Å²) in [6, 6.07) is 10.1. The van der Waals surface area contributed by atoms with E-state index in [0.29, 0.717) is 12.8 Å². The van der Waals surface area contributed by atoms with E-state index in [9.17, 15) is 9.59 Å². The van der Waals surface area contributed by atoms with Crippen molar-refractivity contribution in [3.05, 3.63) is 65.1 Å². The van der Waals surface area contributed by atoms with Gasteiger partial charge in [0.15, 0.2) is 0 Å². The SMILES string of the molecule is CN=CC(=CN)c1ccc(-c2ccc3ncc4c(c3c2)n(C2CC3CCC(C2)N3C(=O)OC(C)(C)C)c(=O)n4C)cn1. The summed E-state index contributed by atoms with van der Waals surface area (Å²) in [5.41, 5.74) is 11.0. The smallest absolute Gasteiger partial charge is 0.410 e. The molecule has 2 N–H and O–H groups in total. The highest BCUT2D eigenvalue weighted by Crippen LogP contribution is 2.43. The van der Waals surface area contributed by atoms with Gasteiger partial charge < -0.3 is 15.4 Å². The molecule has 3 aromatic heterocycles. The molecule has 2 saturated heterocycles. The molecule has 2 unspecified atom stereocenters. The van der Waals surface area contributed by atoms with Gasteiger partial charge in [-0.25, -0.2) is 9.59 Å². The number of ether oxygens (including phenoxy) is 1. The molecule has 42 heavy (non-hydrogen) atoms. The number of piperidine rings is 1. The molecule has 0 spiro atoms. The van der Waals surface area contributed by atoms with E-state index < -0.39 is 5.60 Å². The molecule has 2 aliphatic heterocycles. The van der Waals surface area contributed by atoms with Gasteiger partial charge in [-0.2, -0.15) is 0 Å². The van der Waals surface area contributed by atoms with E-state index in [0.717, 1.165) is 57.2 Å². The Labute approximate surface area is 244 Å². The number of fused-ring (bicyclic) bond motifs is 5. The molecular formula is C32H37N7O3. The minimum absolute atomic E-state index is 0.0331. The molecule has 2 bridgehead atoms. The summed E-state index contributed by atoms with van der Waals surface area (Å²) in [6.45, 7) is 5.67. The van der Waals surface area contributed by atoms with E-state index in [1.165, 1.54) is 6.20 Å². The standard InChI is InChI=1S/C32H37N7O3/c1-32(2,3)42-31(41)38-22-8-9-23(38)14-24(13-22)39-29-25-12-19(6-11-27(25)36-18-28(29)37(5)30(39)40)20-7-10-26(35-17-20)21(15-33)16-34-4/h6-7,10-12,15-18,22-24H,8-9,13-14,33H2,1-5H3. The zero-order valence-corrected chi connectivity index (χ0v) is 24.7. The maximum absolute atomic E-state index is 13.8. The lowest BCUT2D eigenvalue weighted by Gasteiger charge is -2.39. The van der Waals surface area contributed by atoms with Gasteiger partial charge in [0.25, 0.3) is 0 Å². The van der Waals surface area contributed by atoms with Gasteiger partial charge in [-0.3, -0.25) is 24.1 Å². The van der Waals surface area contributed by atoms with Crippen LogP contribution in [0.5, 0.6) is 0 Å². The third kappa shape index (κ3) is 4.74. The Hall–Kier alpha value is -4.47. The fraction of sp³-hybridized carbons (Fsp3) is 0.406. The van der Waals surface area contributed by atoms with Crippen LogP contribution in [0.4, 0.5) is 4.79 Å². The minimum atomic E-state index is -0.549. The Morgan fingerprint density at radius 2 is 1.76 bits per heavy atom. The van der Waals surface area contributed by atoms with Crippen LogP contribution in [-0.2, 0) is 11.8 Å². The molecule has 5 heterocycles.